The molecule has 12 heavy (non-hydrogen) atoms. The predicted octanol–water partition coefficient (Wildman–Crippen LogP) is 2.39. The van der Waals surface area contributed by atoms with Gasteiger partial charge in [-0.2, -0.15) is 0 Å². The third kappa shape index (κ3) is 2.45. The zero-order valence-electron chi connectivity index (χ0n) is 8.03. The second-order valence-corrected chi connectivity index (χ2v) is 3.37. The Labute approximate surface area is 88.6 Å². The maximum absolute atomic E-state index is 4.20. The summed E-state index contributed by atoms with van der Waals surface area (Å²) in [5, 5.41) is 4.20. The summed E-state index contributed by atoms with van der Waals surface area (Å²) in [6, 6.07) is 3.58. The molecule has 0 aliphatic rings. The first-order valence-electron chi connectivity index (χ1n) is 4.08. The molecule has 0 saturated heterocycles. The Bertz CT molecular complexity index is 206. The topological polar surface area (TPSA) is 17.8 Å². The van der Waals surface area contributed by atoms with E-state index in [1.54, 1.807) is 6.20 Å². The van der Waals surface area contributed by atoms with Crippen LogP contribution in [-0.2, 0) is 21.1 Å². The monoisotopic (exact) mass is 335 g/mol. The van der Waals surface area contributed by atoms with Gasteiger partial charge >= 0.3 is 0 Å². The first kappa shape index (κ1) is 11.9. The average Bonchev–Trinajstić information content (AvgIpc) is 2.32. The van der Waals surface area contributed by atoms with Gasteiger partial charge < -0.3 is 10.7 Å². The van der Waals surface area contributed by atoms with Crippen LogP contribution in [0.25, 0.3) is 0 Å². The zero-order chi connectivity index (χ0) is 8.43. The third-order valence-electron chi connectivity index (χ3n) is 1.68. The maximum atomic E-state index is 4.20. The molecular formula is C9H15N2W-. The van der Waals surface area contributed by atoms with E-state index in [2.05, 4.69) is 38.9 Å². The van der Waals surface area contributed by atoms with Crippen LogP contribution in [0.5, 0.6) is 0 Å². The molecule has 1 aromatic heterocycles. The largest absolute Gasteiger partial charge is 0.429 e. The number of nitrogens with zero attached hydrogens (tertiary/aromatic N) is 2. The Balaban J connectivity index is 0.00000121. The van der Waals surface area contributed by atoms with Crippen molar-refractivity contribution in [3.63, 3.8) is 0 Å². The van der Waals surface area contributed by atoms with Gasteiger partial charge in [0.25, 0.3) is 0 Å². The standard InChI is InChI=1S/C9H15N2.W/c1-7(2)9-5-6-10-11(9)8(3)4;/h6-8H,1-4H3;/q-1;. The number of aromatic nitrogens is 2. The second kappa shape index (κ2) is 4.81. The number of rotatable bonds is 2. The molecule has 1 heterocycles. The molecule has 0 aliphatic heterocycles. The van der Waals surface area contributed by atoms with E-state index < -0.39 is 0 Å². The summed E-state index contributed by atoms with van der Waals surface area (Å²) in [5.74, 6) is 0.514. The van der Waals surface area contributed by atoms with Crippen molar-refractivity contribution in [2.24, 2.45) is 0 Å². The molecule has 0 aromatic carbocycles. The van der Waals surface area contributed by atoms with E-state index >= 15 is 0 Å². The van der Waals surface area contributed by atoms with Gasteiger partial charge in [0.1, 0.15) is 0 Å². The van der Waals surface area contributed by atoms with Crippen LogP contribution in [-0.4, -0.2) is 9.78 Å². The van der Waals surface area contributed by atoms with E-state index in [9.17, 15) is 0 Å². The smallest absolute Gasteiger partial charge is 0.0431 e. The summed E-state index contributed by atoms with van der Waals surface area (Å²) >= 11 is 0. The van der Waals surface area contributed by atoms with Crippen LogP contribution < -0.4 is 0 Å². The first-order chi connectivity index (χ1) is 5.13. The van der Waals surface area contributed by atoms with Gasteiger partial charge in [0.05, 0.1) is 0 Å². The molecule has 0 radical (unpaired) electrons. The molecule has 0 N–H and O–H groups in total. The molecular weight excluding hydrogens is 320 g/mol. The fourth-order valence-corrected chi connectivity index (χ4v) is 1.13. The summed E-state index contributed by atoms with van der Waals surface area (Å²) in [6.45, 7) is 8.58. The molecule has 1 rings (SSSR count). The van der Waals surface area contributed by atoms with E-state index in [1.165, 1.54) is 5.69 Å². The fraction of sp³-hybridized carbons (Fsp3) is 0.667. The van der Waals surface area contributed by atoms with Crippen molar-refractivity contribution in [3.8, 4) is 0 Å². The second-order valence-electron chi connectivity index (χ2n) is 3.37. The van der Waals surface area contributed by atoms with Gasteiger partial charge in [-0.25, -0.2) is 5.10 Å². The van der Waals surface area contributed by atoms with Crippen molar-refractivity contribution < 1.29 is 21.1 Å². The Morgan fingerprint density at radius 2 is 1.92 bits per heavy atom. The fourth-order valence-electron chi connectivity index (χ4n) is 1.13. The normalized spacial score (nSPS) is 10.5. The summed E-state index contributed by atoms with van der Waals surface area (Å²) in [4.78, 5) is 0. The van der Waals surface area contributed by atoms with Crippen LogP contribution in [0.1, 0.15) is 45.3 Å². The first-order valence-corrected chi connectivity index (χ1v) is 4.08. The van der Waals surface area contributed by atoms with Crippen LogP contribution >= 0.6 is 0 Å². The van der Waals surface area contributed by atoms with Gasteiger partial charge in [-0.05, 0) is 19.8 Å². The summed E-state index contributed by atoms with van der Waals surface area (Å²) in [5.41, 5.74) is 1.19. The number of hydrogen-bond acceptors (Lipinski definition) is 1. The van der Waals surface area contributed by atoms with Crippen LogP contribution in [0.15, 0.2) is 6.20 Å². The summed E-state index contributed by atoms with van der Waals surface area (Å²) in [7, 11) is 0. The molecule has 1 aromatic rings. The summed E-state index contributed by atoms with van der Waals surface area (Å²) in [6.07, 6.45) is 1.75. The molecule has 68 valence electrons. The SMILES string of the molecule is CC(C)c1[c-]cnn1C(C)C.[W]. The Hall–Kier alpha value is -0.102. The van der Waals surface area contributed by atoms with Crippen LogP contribution in [0, 0.1) is 6.07 Å². The van der Waals surface area contributed by atoms with Crippen molar-refractivity contribution in [1.29, 1.82) is 0 Å². The molecule has 0 atom stereocenters. The van der Waals surface area contributed by atoms with Gasteiger partial charge in [0.2, 0.25) is 0 Å². The van der Waals surface area contributed by atoms with E-state index in [0.29, 0.717) is 12.0 Å². The van der Waals surface area contributed by atoms with Gasteiger partial charge in [-0.3, -0.25) is 0 Å². The molecule has 0 spiro atoms. The van der Waals surface area contributed by atoms with Gasteiger partial charge in [0, 0.05) is 27.1 Å². The minimum absolute atomic E-state index is 0. The maximum Gasteiger partial charge on any atom is 0.0431 e. The van der Waals surface area contributed by atoms with Crippen molar-refractivity contribution in [2.75, 3.05) is 0 Å². The van der Waals surface area contributed by atoms with Gasteiger partial charge in [-0.1, -0.05) is 13.8 Å². The van der Waals surface area contributed by atoms with E-state index in [-0.39, 0.29) is 21.1 Å². The van der Waals surface area contributed by atoms with Crippen molar-refractivity contribution in [3.05, 3.63) is 18.0 Å². The molecule has 0 fully saturated rings. The number of hydrogen-bond donors (Lipinski definition) is 0. The summed E-state index contributed by atoms with van der Waals surface area (Å²) < 4.78 is 2.02. The Kier molecular flexibility index (Phi) is 4.77. The predicted molar refractivity (Wildman–Crippen MR) is 45.5 cm³/mol. The van der Waals surface area contributed by atoms with E-state index in [0.717, 1.165) is 0 Å². The quantitative estimate of drug-likeness (QED) is 0.759. The van der Waals surface area contributed by atoms with Crippen molar-refractivity contribution >= 4 is 0 Å². The molecule has 0 unspecified atom stereocenters. The van der Waals surface area contributed by atoms with Gasteiger partial charge in [0.15, 0.2) is 0 Å². The van der Waals surface area contributed by atoms with Crippen LogP contribution in [0.4, 0.5) is 0 Å². The van der Waals surface area contributed by atoms with Crippen LogP contribution in [0.3, 0.4) is 0 Å². The van der Waals surface area contributed by atoms with Gasteiger partial charge in [-0.15, -0.1) is 11.9 Å². The molecule has 2 nitrogen and oxygen atoms in total. The molecule has 0 aliphatic carbocycles. The van der Waals surface area contributed by atoms with Crippen molar-refractivity contribution in [1.82, 2.24) is 9.78 Å². The minimum atomic E-state index is 0. The molecule has 0 saturated carbocycles. The van der Waals surface area contributed by atoms with Crippen molar-refractivity contribution in [2.45, 2.75) is 39.7 Å². The van der Waals surface area contributed by atoms with E-state index in [1.807, 2.05) is 4.68 Å². The third-order valence-corrected chi connectivity index (χ3v) is 1.68. The zero-order valence-corrected chi connectivity index (χ0v) is 11.0. The van der Waals surface area contributed by atoms with Crippen LogP contribution in [0.2, 0.25) is 0 Å². The Morgan fingerprint density at radius 3 is 2.25 bits per heavy atom. The molecule has 0 amide bonds. The average molecular weight is 335 g/mol. The molecule has 0 bridgehead atoms. The Morgan fingerprint density at radius 1 is 1.33 bits per heavy atom. The molecule has 3 heteroatoms. The minimum Gasteiger partial charge on any atom is -0.429 e. The van der Waals surface area contributed by atoms with E-state index in [4.69, 9.17) is 0 Å².